The molecule has 19 heavy (non-hydrogen) atoms. The van der Waals surface area contributed by atoms with Crippen LogP contribution in [0.4, 0.5) is 5.82 Å². The highest BCUT2D eigenvalue weighted by Gasteiger charge is 2.28. The Morgan fingerprint density at radius 2 is 2.11 bits per heavy atom. The number of carbonyl (C=O) groups is 1. The Balaban J connectivity index is 1.80. The number of aryl methyl sites for hydroxylation is 1. The zero-order chi connectivity index (χ0) is 13.8. The summed E-state index contributed by atoms with van der Waals surface area (Å²) in [5, 5.41) is 6.15. The Kier molecular flexibility index (Phi) is 4.35. The Morgan fingerprint density at radius 1 is 1.37 bits per heavy atom. The highest BCUT2D eigenvalue weighted by atomic mass is 16.2. The van der Waals surface area contributed by atoms with E-state index >= 15 is 0 Å². The van der Waals surface area contributed by atoms with Crippen LogP contribution in [0.15, 0.2) is 6.07 Å². The van der Waals surface area contributed by atoms with E-state index in [9.17, 15) is 4.79 Å². The van der Waals surface area contributed by atoms with E-state index in [1.165, 1.54) is 0 Å². The molecule has 5 heteroatoms. The van der Waals surface area contributed by atoms with Gasteiger partial charge in [0.1, 0.15) is 11.6 Å². The second-order valence-electron chi connectivity index (χ2n) is 5.40. The number of nitrogens with zero attached hydrogens (tertiary/aromatic N) is 2. The van der Waals surface area contributed by atoms with Crippen molar-refractivity contribution in [2.45, 2.75) is 39.5 Å². The lowest BCUT2D eigenvalue weighted by atomic mass is 10.2. The Bertz CT molecular complexity index is 455. The van der Waals surface area contributed by atoms with Gasteiger partial charge in [0.2, 0.25) is 5.91 Å². The molecule has 1 amide bonds. The number of amides is 1. The molecule has 1 aromatic heterocycles. The van der Waals surface area contributed by atoms with E-state index in [0.717, 1.165) is 30.2 Å². The minimum absolute atomic E-state index is 0.184. The van der Waals surface area contributed by atoms with Gasteiger partial charge in [0.15, 0.2) is 0 Å². The molecule has 1 aliphatic carbocycles. The van der Waals surface area contributed by atoms with Gasteiger partial charge in [-0.15, -0.1) is 0 Å². The molecule has 0 aromatic carbocycles. The van der Waals surface area contributed by atoms with Gasteiger partial charge < -0.3 is 10.6 Å². The molecule has 0 aliphatic heterocycles. The van der Waals surface area contributed by atoms with Gasteiger partial charge in [-0.05, 0) is 19.8 Å². The van der Waals surface area contributed by atoms with Crippen LogP contribution in [0.5, 0.6) is 0 Å². The van der Waals surface area contributed by atoms with Gasteiger partial charge >= 0.3 is 0 Å². The van der Waals surface area contributed by atoms with Gasteiger partial charge in [-0.1, -0.05) is 13.8 Å². The lowest BCUT2D eigenvalue weighted by Crippen LogP contribution is -2.30. The van der Waals surface area contributed by atoms with Crippen LogP contribution in [0.1, 0.15) is 44.1 Å². The van der Waals surface area contributed by atoms with Crippen molar-refractivity contribution in [3.05, 3.63) is 17.6 Å². The first-order chi connectivity index (χ1) is 9.06. The number of nitrogens with one attached hydrogen (secondary N) is 2. The number of hydrogen-bond acceptors (Lipinski definition) is 4. The summed E-state index contributed by atoms with van der Waals surface area (Å²) in [5.41, 5.74) is 0.961. The lowest BCUT2D eigenvalue weighted by molar-refractivity contribution is -0.122. The van der Waals surface area contributed by atoms with E-state index in [1.807, 2.05) is 13.0 Å². The van der Waals surface area contributed by atoms with Crippen molar-refractivity contribution in [1.29, 1.82) is 0 Å². The third-order valence-electron chi connectivity index (χ3n) is 3.07. The maximum atomic E-state index is 11.4. The largest absolute Gasteiger partial charge is 0.368 e. The first-order valence-corrected chi connectivity index (χ1v) is 6.93. The molecule has 2 rings (SSSR count). The molecule has 1 saturated carbocycles. The van der Waals surface area contributed by atoms with Gasteiger partial charge in [-0.25, -0.2) is 9.97 Å². The van der Waals surface area contributed by atoms with E-state index in [1.54, 1.807) is 0 Å². The zero-order valence-electron chi connectivity index (χ0n) is 11.9. The summed E-state index contributed by atoms with van der Waals surface area (Å²) in [7, 11) is 0. The quantitative estimate of drug-likeness (QED) is 0.768. The van der Waals surface area contributed by atoms with Crippen molar-refractivity contribution >= 4 is 11.7 Å². The summed E-state index contributed by atoms with van der Waals surface area (Å²) in [4.78, 5) is 20.3. The fourth-order valence-corrected chi connectivity index (χ4v) is 1.81. The Morgan fingerprint density at radius 3 is 2.74 bits per heavy atom. The minimum atomic E-state index is 0.184. The Labute approximate surface area is 114 Å². The highest BCUT2D eigenvalue weighted by Crippen LogP contribution is 2.28. The van der Waals surface area contributed by atoms with Gasteiger partial charge in [-0.2, -0.15) is 0 Å². The first-order valence-electron chi connectivity index (χ1n) is 6.93. The van der Waals surface area contributed by atoms with Crippen molar-refractivity contribution in [1.82, 2.24) is 15.3 Å². The summed E-state index contributed by atoms with van der Waals surface area (Å²) >= 11 is 0. The van der Waals surface area contributed by atoms with Crippen molar-refractivity contribution in [2.75, 3.05) is 18.4 Å². The minimum Gasteiger partial charge on any atom is -0.368 e. The summed E-state index contributed by atoms with van der Waals surface area (Å²) < 4.78 is 0. The first kappa shape index (κ1) is 13.8. The van der Waals surface area contributed by atoms with E-state index in [4.69, 9.17) is 0 Å². The molecule has 0 radical (unpaired) electrons. The van der Waals surface area contributed by atoms with Crippen LogP contribution in [0.2, 0.25) is 0 Å². The highest BCUT2D eigenvalue weighted by molar-refractivity contribution is 5.80. The summed E-state index contributed by atoms with van der Waals surface area (Å²) in [6, 6.07) is 1.93. The van der Waals surface area contributed by atoms with Gasteiger partial charge in [0.05, 0.1) is 0 Å². The Hall–Kier alpha value is -1.65. The average Bonchev–Trinajstić information content (AvgIpc) is 3.17. The van der Waals surface area contributed by atoms with Crippen LogP contribution in [0, 0.1) is 12.8 Å². The van der Waals surface area contributed by atoms with Crippen molar-refractivity contribution in [3.8, 4) is 0 Å². The van der Waals surface area contributed by atoms with Gasteiger partial charge in [0, 0.05) is 36.7 Å². The molecule has 2 N–H and O–H groups in total. The summed E-state index contributed by atoms with van der Waals surface area (Å²) in [5.74, 6) is 2.45. The van der Waals surface area contributed by atoms with Crippen LogP contribution in [-0.2, 0) is 4.79 Å². The van der Waals surface area contributed by atoms with Crippen molar-refractivity contribution < 1.29 is 4.79 Å². The number of anilines is 1. The summed E-state index contributed by atoms with van der Waals surface area (Å²) in [6.07, 6.45) is 2.09. The molecule has 0 saturated heterocycles. The van der Waals surface area contributed by atoms with E-state index in [0.29, 0.717) is 19.0 Å². The molecular weight excluding hydrogens is 240 g/mol. The molecule has 1 heterocycles. The molecule has 0 atom stereocenters. The number of hydrogen-bond donors (Lipinski definition) is 2. The topological polar surface area (TPSA) is 66.9 Å². The third kappa shape index (κ3) is 4.19. The smallest absolute Gasteiger partial charge is 0.223 e. The fourth-order valence-electron chi connectivity index (χ4n) is 1.81. The second-order valence-corrected chi connectivity index (χ2v) is 5.40. The molecule has 1 aromatic rings. The number of rotatable bonds is 6. The molecular formula is C14H22N4O. The third-order valence-corrected chi connectivity index (χ3v) is 3.07. The van der Waals surface area contributed by atoms with Crippen LogP contribution < -0.4 is 10.6 Å². The molecule has 0 unspecified atom stereocenters. The summed E-state index contributed by atoms with van der Waals surface area (Å²) in [6.45, 7) is 7.44. The maximum absolute atomic E-state index is 11.4. The lowest BCUT2D eigenvalue weighted by Gasteiger charge is -2.10. The predicted molar refractivity (Wildman–Crippen MR) is 75.1 cm³/mol. The SMILES string of the molecule is Cc1cc(NCCNC(=O)C2CC2)nc(C(C)C)n1. The monoisotopic (exact) mass is 262 g/mol. The van der Waals surface area contributed by atoms with E-state index in [2.05, 4.69) is 34.4 Å². The van der Waals surface area contributed by atoms with Gasteiger partial charge in [0.25, 0.3) is 0 Å². The van der Waals surface area contributed by atoms with Crippen molar-refractivity contribution in [2.24, 2.45) is 5.92 Å². The van der Waals surface area contributed by atoms with E-state index < -0.39 is 0 Å². The number of carbonyl (C=O) groups excluding carboxylic acids is 1. The van der Waals surface area contributed by atoms with Crippen LogP contribution in [-0.4, -0.2) is 29.0 Å². The van der Waals surface area contributed by atoms with Crippen LogP contribution >= 0.6 is 0 Å². The van der Waals surface area contributed by atoms with Crippen molar-refractivity contribution in [3.63, 3.8) is 0 Å². The molecule has 0 bridgehead atoms. The van der Waals surface area contributed by atoms with Crippen LogP contribution in [0.25, 0.3) is 0 Å². The normalized spacial score (nSPS) is 14.5. The fraction of sp³-hybridized carbons (Fsp3) is 0.643. The number of aromatic nitrogens is 2. The molecule has 1 aliphatic rings. The van der Waals surface area contributed by atoms with Gasteiger partial charge in [-0.3, -0.25) is 4.79 Å². The second kappa shape index (κ2) is 5.99. The zero-order valence-corrected chi connectivity index (χ0v) is 11.9. The maximum Gasteiger partial charge on any atom is 0.223 e. The van der Waals surface area contributed by atoms with E-state index in [-0.39, 0.29) is 11.8 Å². The molecule has 0 spiro atoms. The predicted octanol–water partition coefficient (Wildman–Crippen LogP) is 1.85. The standard InChI is InChI=1S/C14H22N4O/c1-9(2)13-17-10(3)8-12(18-13)15-6-7-16-14(19)11-4-5-11/h8-9,11H,4-7H2,1-3H3,(H,16,19)(H,15,17,18). The molecule has 1 fully saturated rings. The molecule has 104 valence electrons. The van der Waals surface area contributed by atoms with Crippen LogP contribution in [0.3, 0.4) is 0 Å². The average molecular weight is 262 g/mol. The molecule has 5 nitrogen and oxygen atoms in total.